The van der Waals surface area contributed by atoms with Crippen LogP contribution in [0.1, 0.15) is 20.3 Å². The van der Waals surface area contributed by atoms with Crippen molar-refractivity contribution in [1.82, 2.24) is 0 Å². The van der Waals surface area contributed by atoms with E-state index < -0.39 is 17.5 Å². The van der Waals surface area contributed by atoms with Gasteiger partial charge in [0.25, 0.3) is 0 Å². The van der Waals surface area contributed by atoms with E-state index in [1.807, 2.05) is 13.8 Å². The molecule has 1 heterocycles. The first-order chi connectivity index (χ1) is 6.97. The number of rotatable bonds is 4. The number of ether oxygens (including phenoxy) is 2. The second kappa shape index (κ2) is 5.14. The molecule has 0 amide bonds. The third-order valence-corrected chi connectivity index (χ3v) is 4.83. The Morgan fingerprint density at radius 2 is 2.33 bits per heavy atom. The molecule has 0 saturated carbocycles. The Labute approximate surface area is 100.0 Å². The average molecular weight is 327 g/mol. The summed E-state index contributed by atoms with van der Waals surface area (Å²) in [4.78, 5) is 25.0. The summed E-state index contributed by atoms with van der Waals surface area (Å²) >= 11 is 0.0365. The van der Waals surface area contributed by atoms with Crippen LogP contribution in [0.15, 0.2) is 0 Å². The fourth-order valence-electron chi connectivity index (χ4n) is 1.26. The van der Waals surface area contributed by atoms with E-state index in [0.717, 1.165) is 4.43 Å². The summed E-state index contributed by atoms with van der Waals surface area (Å²) in [6.07, 6.45) is -0.186. The van der Waals surface area contributed by atoms with Crippen molar-refractivity contribution in [2.24, 2.45) is 5.41 Å². The molecule has 4 nitrogen and oxygen atoms in total. The minimum absolute atomic E-state index is 0.0365. The maximum atomic E-state index is 11.7. The Kier molecular flexibility index (Phi) is 4.36. The van der Waals surface area contributed by atoms with Gasteiger partial charge in [0.2, 0.25) is 0 Å². The van der Waals surface area contributed by atoms with Crippen molar-refractivity contribution in [3.05, 3.63) is 0 Å². The number of esters is 2. The molecule has 0 N–H and O–H groups in total. The molecule has 0 aromatic carbocycles. The molecule has 1 atom stereocenters. The third kappa shape index (κ3) is 3.32. The maximum absolute atomic E-state index is 11.7. The second-order valence-electron chi connectivity index (χ2n) is 4.13. The first-order valence-electron chi connectivity index (χ1n) is 4.79. The molecule has 88 valence electrons. The second-order valence-corrected chi connectivity index (χ2v) is 6.42. The van der Waals surface area contributed by atoms with Crippen LogP contribution in [0, 0.1) is 5.41 Å². The van der Waals surface area contributed by atoms with Crippen molar-refractivity contribution in [1.29, 1.82) is 0 Å². The van der Waals surface area contributed by atoms with E-state index in [9.17, 15) is 9.59 Å². The van der Waals surface area contributed by atoms with Crippen LogP contribution in [-0.2, 0) is 19.1 Å². The predicted octanol–water partition coefficient (Wildman–Crippen LogP) is -2.41. The molecule has 1 aliphatic heterocycles. The molecule has 0 radical (unpaired) electrons. The summed E-state index contributed by atoms with van der Waals surface area (Å²) in [6.45, 7) is 4.08. The minimum atomic E-state index is -0.674. The molecule has 15 heavy (non-hydrogen) atoms. The van der Waals surface area contributed by atoms with Crippen LogP contribution in [0.2, 0.25) is 0 Å². The normalized spacial score (nSPS) is 21.5. The molecule has 0 aromatic heterocycles. The van der Waals surface area contributed by atoms with Gasteiger partial charge in [0.15, 0.2) is 0 Å². The zero-order valence-electron chi connectivity index (χ0n) is 9.21. The summed E-state index contributed by atoms with van der Waals surface area (Å²) in [5.41, 5.74) is -0.467. The van der Waals surface area contributed by atoms with Crippen molar-refractivity contribution in [3.8, 4) is 0 Å². The van der Waals surface area contributed by atoms with Gasteiger partial charge in [-0.25, -0.2) is 0 Å². The Hall–Kier alpha value is -0.330. The number of hydrogen-bond acceptors (Lipinski definition) is 4. The average Bonchev–Trinajstić information content (AvgIpc) is 2.52. The van der Waals surface area contributed by atoms with Gasteiger partial charge in [0.05, 0.1) is 0 Å². The van der Waals surface area contributed by atoms with Crippen LogP contribution < -0.4 is 21.2 Å². The van der Waals surface area contributed by atoms with E-state index in [2.05, 4.69) is 4.93 Å². The van der Waals surface area contributed by atoms with Gasteiger partial charge < -0.3 is 0 Å². The van der Waals surface area contributed by atoms with E-state index in [4.69, 9.17) is 9.47 Å². The predicted molar refractivity (Wildman–Crippen MR) is 50.0 cm³/mol. The van der Waals surface area contributed by atoms with Gasteiger partial charge in [0.1, 0.15) is 0 Å². The van der Waals surface area contributed by atoms with Gasteiger partial charge in [-0.3, -0.25) is 0 Å². The van der Waals surface area contributed by atoms with Gasteiger partial charge in [-0.15, -0.1) is 0 Å². The summed E-state index contributed by atoms with van der Waals surface area (Å²) in [7, 11) is 0. The molecule has 0 bridgehead atoms. The van der Waals surface area contributed by atoms with E-state index in [1.165, 1.54) is 0 Å². The zero-order chi connectivity index (χ0) is 11.5. The molecule has 1 aliphatic rings. The van der Waals surface area contributed by atoms with Crippen molar-refractivity contribution in [3.63, 3.8) is 0 Å². The first kappa shape index (κ1) is 12.7. The Morgan fingerprint density at radius 3 is 2.80 bits per heavy atom. The molecule has 1 rings (SSSR count). The molecular formula is C10H16IO4-. The van der Waals surface area contributed by atoms with Gasteiger partial charge in [-0.05, 0) is 0 Å². The van der Waals surface area contributed by atoms with Crippen molar-refractivity contribution in [2.75, 3.05) is 16.0 Å². The SMILES string of the molecule is C[I-]CC(C)(C)C(=O)OC1CCOC1=O. The first-order valence-corrected chi connectivity index (χ1v) is 8.47. The monoisotopic (exact) mass is 327 g/mol. The zero-order valence-corrected chi connectivity index (χ0v) is 11.4. The number of halogens is 1. The molecule has 0 spiro atoms. The Bertz CT molecular complexity index is 262. The molecular weight excluding hydrogens is 311 g/mol. The number of carbonyl (C=O) groups excluding carboxylic acids is 2. The van der Waals surface area contributed by atoms with E-state index in [1.54, 1.807) is 0 Å². The standard InChI is InChI=1S/C10H16IO4/c1-10(2,6-11-3)9(13)15-7-4-5-14-8(7)12/h7H,4-6H2,1-3H3/q-1. The van der Waals surface area contributed by atoms with Crippen LogP contribution in [-0.4, -0.2) is 34.0 Å². The number of hydrogen-bond donors (Lipinski definition) is 0. The van der Waals surface area contributed by atoms with Crippen LogP contribution in [0.4, 0.5) is 0 Å². The van der Waals surface area contributed by atoms with E-state index in [0.29, 0.717) is 13.0 Å². The van der Waals surface area contributed by atoms with Gasteiger partial charge in [-0.1, -0.05) is 0 Å². The van der Waals surface area contributed by atoms with Crippen LogP contribution in [0.5, 0.6) is 0 Å². The quantitative estimate of drug-likeness (QED) is 0.328. The van der Waals surface area contributed by atoms with Gasteiger partial charge >= 0.3 is 100.0 Å². The number of alkyl halides is 2. The Balaban J connectivity index is 2.50. The molecule has 1 unspecified atom stereocenters. The van der Waals surface area contributed by atoms with Crippen molar-refractivity contribution in [2.45, 2.75) is 26.4 Å². The third-order valence-electron chi connectivity index (χ3n) is 2.16. The fourth-order valence-corrected chi connectivity index (χ4v) is 3.48. The topological polar surface area (TPSA) is 52.6 Å². The number of cyclic esters (lactones) is 1. The molecule has 1 saturated heterocycles. The molecule has 5 heteroatoms. The summed E-state index contributed by atoms with van der Waals surface area (Å²) < 4.78 is 10.7. The van der Waals surface area contributed by atoms with Crippen LogP contribution in [0.25, 0.3) is 0 Å². The fraction of sp³-hybridized carbons (Fsp3) is 0.800. The van der Waals surface area contributed by atoms with Crippen LogP contribution >= 0.6 is 0 Å². The van der Waals surface area contributed by atoms with Crippen LogP contribution in [0.3, 0.4) is 0 Å². The molecule has 0 aromatic rings. The summed E-state index contributed by atoms with van der Waals surface area (Å²) in [5, 5.41) is 0. The van der Waals surface area contributed by atoms with Crippen molar-refractivity contribution < 1.29 is 40.3 Å². The Morgan fingerprint density at radius 1 is 1.67 bits per heavy atom. The molecule has 1 fully saturated rings. The van der Waals surface area contributed by atoms with Gasteiger partial charge in [0, 0.05) is 0 Å². The number of carbonyl (C=O) groups is 2. The van der Waals surface area contributed by atoms with E-state index in [-0.39, 0.29) is 27.2 Å². The summed E-state index contributed by atoms with van der Waals surface area (Å²) in [5.74, 6) is -0.696. The summed E-state index contributed by atoms with van der Waals surface area (Å²) in [6, 6.07) is 0. The molecule has 0 aliphatic carbocycles. The van der Waals surface area contributed by atoms with E-state index >= 15 is 0 Å². The van der Waals surface area contributed by atoms with Gasteiger partial charge in [-0.2, -0.15) is 0 Å². The van der Waals surface area contributed by atoms with Crippen molar-refractivity contribution >= 4 is 11.9 Å².